The van der Waals surface area contributed by atoms with Crippen LogP contribution in [0.25, 0.3) is 91.4 Å². The average Bonchev–Trinajstić information content (AvgIpc) is 4.11. The Bertz CT molecular complexity index is 2560. The Kier molecular flexibility index (Phi) is 9.16. The summed E-state index contributed by atoms with van der Waals surface area (Å²) < 4.78 is 0. The van der Waals surface area contributed by atoms with Gasteiger partial charge in [0.1, 0.15) is 5.69 Å². The molecule has 0 spiro atoms. The molecule has 2 aliphatic rings. The summed E-state index contributed by atoms with van der Waals surface area (Å²) >= 11 is 0. The first-order valence-corrected chi connectivity index (χ1v) is 17.9. The summed E-state index contributed by atoms with van der Waals surface area (Å²) in [6.07, 6.45) is 17.7. The molecule has 10 nitrogen and oxygen atoms in total. The third-order valence-electron chi connectivity index (χ3n) is 9.25. The van der Waals surface area contributed by atoms with Gasteiger partial charge in [-0.15, -0.1) is 0 Å². The molecule has 0 aliphatic carbocycles. The predicted molar refractivity (Wildman–Crippen MR) is 221 cm³/mol. The molecule has 0 atom stereocenters. The first-order chi connectivity index (χ1) is 27.7. The molecule has 2 N–H and O–H groups in total. The largest absolute Gasteiger partial charge is 0.354 e. The van der Waals surface area contributed by atoms with Crippen LogP contribution in [0.1, 0.15) is 33.3 Å². The van der Waals surface area contributed by atoms with Gasteiger partial charge in [0.2, 0.25) is 0 Å². The van der Waals surface area contributed by atoms with Crippen molar-refractivity contribution in [1.29, 1.82) is 0 Å². The van der Waals surface area contributed by atoms with Crippen molar-refractivity contribution in [1.82, 2.24) is 44.9 Å². The highest BCUT2D eigenvalue weighted by atomic mass is 16.1. The molecule has 0 amide bonds. The van der Waals surface area contributed by atoms with Crippen LogP contribution in [-0.2, 0) is 0 Å². The third-order valence-corrected chi connectivity index (χ3v) is 9.25. The Morgan fingerprint density at radius 2 is 0.661 bits per heavy atom. The Labute approximate surface area is 321 Å². The van der Waals surface area contributed by atoms with Crippen molar-refractivity contribution in [2.75, 3.05) is 0 Å². The van der Waals surface area contributed by atoms with E-state index in [1.54, 1.807) is 49.2 Å². The first kappa shape index (κ1) is 33.8. The number of nitrogens with one attached hydrogen (secondary N) is 2. The lowest BCUT2D eigenvalue weighted by Gasteiger charge is -2.05. The Hall–Kier alpha value is -7.98. The van der Waals surface area contributed by atoms with Crippen molar-refractivity contribution in [3.05, 3.63) is 175 Å². The minimum Gasteiger partial charge on any atom is -0.354 e. The maximum absolute atomic E-state index is 9.94. The monoisotopic (exact) mass is 725 g/mol. The summed E-state index contributed by atoms with van der Waals surface area (Å²) in [6, 6.07) is 37.2. The van der Waals surface area contributed by atoms with Crippen molar-refractivity contribution >= 4 is 52.7 Å². The number of carbonyl (C=O) groups is 1. The van der Waals surface area contributed by atoms with E-state index in [2.05, 4.69) is 39.2 Å². The molecule has 8 aromatic rings. The van der Waals surface area contributed by atoms with Gasteiger partial charge in [-0.3, -0.25) is 29.7 Å². The molecule has 0 fully saturated rings. The predicted octanol–water partition coefficient (Wildman–Crippen LogP) is 9.80. The fourth-order valence-corrected chi connectivity index (χ4v) is 6.77. The Balaban J connectivity index is 0.000000459. The Morgan fingerprint density at radius 1 is 0.357 bits per heavy atom. The number of fused-ring (bicyclic) bond motifs is 8. The quantitative estimate of drug-likeness (QED) is 0.167. The molecule has 266 valence electrons. The summed E-state index contributed by atoms with van der Waals surface area (Å²) in [4.78, 5) is 50.6. The van der Waals surface area contributed by atoms with Gasteiger partial charge >= 0.3 is 0 Å². The molecule has 2 aliphatic heterocycles. The van der Waals surface area contributed by atoms with E-state index in [-0.39, 0.29) is 0 Å². The van der Waals surface area contributed by atoms with Gasteiger partial charge < -0.3 is 9.97 Å². The zero-order valence-electron chi connectivity index (χ0n) is 29.8. The minimum absolute atomic E-state index is 0.479. The van der Waals surface area contributed by atoms with Crippen LogP contribution >= 0.6 is 0 Å². The van der Waals surface area contributed by atoms with Gasteiger partial charge in [-0.2, -0.15) is 0 Å². The smallest absolute Gasteiger partial charge is 0.168 e. The molecule has 0 aromatic carbocycles. The number of hydrogen-bond acceptors (Lipinski definition) is 8. The van der Waals surface area contributed by atoms with E-state index < -0.39 is 0 Å². The highest BCUT2D eigenvalue weighted by Gasteiger charge is 2.19. The van der Waals surface area contributed by atoms with Gasteiger partial charge in [0, 0.05) is 53.2 Å². The molecule has 0 radical (unpaired) electrons. The standard InChI is InChI=1S/C40H26N8.C6H5NO/c1-5-21-41-25(9-1)37-29-13-15-31(45-29)38(26-10-2-6-22-42-26)33-17-19-35(47-33)40(28-12-4-8-24-44-28)36-20-18-34(48-36)39(27-11-3-7-23-43-27)32-16-14-30(37)46-32;8-5-6-3-1-2-4-7-6/h1-24,45,48H;1-5H. The third kappa shape index (κ3) is 6.70. The number of nitrogens with zero attached hydrogens (tertiary/aromatic N) is 7. The van der Waals surface area contributed by atoms with E-state index in [9.17, 15) is 4.79 Å². The molecule has 8 aromatic heterocycles. The number of H-pyrrole nitrogens is 2. The van der Waals surface area contributed by atoms with Crippen LogP contribution in [-0.4, -0.2) is 51.1 Å². The van der Waals surface area contributed by atoms with Crippen molar-refractivity contribution in [2.45, 2.75) is 0 Å². The number of pyridine rings is 5. The highest BCUT2D eigenvalue weighted by molar-refractivity contribution is 5.98. The maximum atomic E-state index is 9.94. The summed E-state index contributed by atoms with van der Waals surface area (Å²) in [6.45, 7) is 0. The zero-order valence-corrected chi connectivity index (χ0v) is 29.8. The lowest BCUT2D eigenvalue weighted by Crippen LogP contribution is -1.92. The topological polar surface area (TPSA) is 139 Å². The van der Waals surface area contributed by atoms with Crippen molar-refractivity contribution < 1.29 is 4.79 Å². The maximum Gasteiger partial charge on any atom is 0.168 e. The molecule has 10 rings (SSSR count). The second-order valence-electron chi connectivity index (χ2n) is 12.7. The second-order valence-corrected chi connectivity index (χ2v) is 12.7. The first-order valence-electron chi connectivity index (χ1n) is 17.9. The molecular formula is C46H31N9O. The minimum atomic E-state index is 0.479. The molecule has 10 heterocycles. The van der Waals surface area contributed by atoms with Crippen molar-refractivity contribution in [3.8, 4) is 45.0 Å². The van der Waals surface area contributed by atoms with Crippen molar-refractivity contribution in [2.24, 2.45) is 0 Å². The second kappa shape index (κ2) is 15.2. The number of hydrogen-bond donors (Lipinski definition) is 2. The van der Waals surface area contributed by atoms with Gasteiger partial charge in [0.15, 0.2) is 6.29 Å². The Morgan fingerprint density at radius 3 is 0.893 bits per heavy atom. The lowest BCUT2D eigenvalue weighted by atomic mass is 10.1. The molecular weight excluding hydrogens is 695 g/mol. The van der Waals surface area contributed by atoms with Gasteiger partial charge in [-0.05, 0) is 109 Å². The molecule has 56 heavy (non-hydrogen) atoms. The van der Waals surface area contributed by atoms with E-state index >= 15 is 0 Å². The van der Waals surface area contributed by atoms with E-state index in [1.807, 2.05) is 97.1 Å². The summed E-state index contributed by atoms with van der Waals surface area (Å²) in [5.74, 6) is 0. The SMILES string of the molecule is C1=Cc2nc1c(-c1ccccn1)c1ccc([nH]1)c(-c1ccccn1)c1nc(c(-c3ccccn3)c3ccc([nH]3)c2-c2ccccn2)C=C1.O=Cc1ccccn1. The van der Waals surface area contributed by atoms with E-state index in [1.165, 1.54) is 0 Å². The van der Waals surface area contributed by atoms with Gasteiger partial charge in [0.05, 0.1) is 67.6 Å². The van der Waals surface area contributed by atoms with Crippen LogP contribution < -0.4 is 0 Å². The molecule has 0 saturated heterocycles. The summed E-state index contributed by atoms with van der Waals surface area (Å²) in [7, 11) is 0. The zero-order chi connectivity index (χ0) is 37.7. The number of aromatic amines is 2. The highest BCUT2D eigenvalue weighted by Crippen LogP contribution is 2.37. The number of aromatic nitrogens is 9. The molecule has 8 bridgehead atoms. The van der Waals surface area contributed by atoms with Crippen LogP contribution in [0.15, 0.2) is 146 Å². The van der Waals surface area contributed by atoms with E-state index in [0.29, 0.717) is 5.69 Å². The van der Waals surface area contributed by atoms with Crippen LogP contribution in [0.4, 0.5) is 0 Å². The van der Waals surface area contributed by atoms with Crippen LogP contribution in [0, 0.1) is 0 Å². The summed E-state index contributed by atoms with van der Waals surface area (Å²) in [5.41, 5.74) is 13.9. The molecule has 10 heteroatoms. The van der Waals surface area contributed by atoms with Crippen molar-refractivity contribution in [3.63, 3.8) is 0 Å². The summed E-state index contributed by atoms with van der Waals surface area (Å²) in [5, 5.41) is 0. The van der Waals surface area contributed by atoms with Gasteiger partial charge in [-0.1, -0.05) is 30.3 Å². The fourth-order valence-electron chi connectivity index (χ4n) is 6.77. The number of rotatable bonds is 5. The van der Waals surface area contributed by atoms with Crippen LogP contribution in [0.3, 0.4) is 0 Å². The number of carbonyl (C=O) groups excluding carboxylic acids is 1. The van der Waals surface area contributed by atoms with E-state index in [0.717, 1.165) is 96.2 Å². The lowest BCUT2D eigenvalue weighted by molar-refractivity contribution is 0.111. The van der Waals surface area contributed by atoms with Gasteiger partial charge in [0.25, 0.3) is 0 Å². The number of aldehydes is 1. The van der Waals surface area contributed by atoms with Gasteiger partial charge in [-0.25, -0.2) is 9.97 Å². The molecule has 0 unspecified atom stereocenters. The molecule has 0 saturated carbocycles. The average molecular weight is 726 g/mol. The van der Waals surface area contributed by atoms with Crippen LogP contribution in [0.2, 0.25) is 0 Å². The fraction of sp³-hybridized carbons (Fsp3) is 0. The van der Waals surface area contributed by atoms with Crippen LogP contribution in [0.5, 0.6) is 0 Å². The normalized spacial score (nSPS) is 11.5. The van der Waals surface area contributed by atoms with E-state index in [4.69, 9.17) is 29.9 Å².